The lowest BCUT2D eigenvalue weighted by atomic mass is 10.0. The summed E-state index contributed by atoms with van der Waals surface area (Å²) < 4.78 is 0. The molecule has 0 aliphatic rings. The Morgan fingerprint density at radius 1 is 0.811 bits per heavy atom. The largest absolute Gasteiger partial charge is 0.508 e. The molecule has 0 bridgehead atoms. The number of aromatic hydroxyl groups is 1. The van der Waals surface area contributed by atoms with E-state index in [0.29, 0.717) is 5.56 Å². The minimum Gasteiger partial charge on any atom is -0.508 e. The summed E-state index contributed by atoms with van der Waals surface area (Å²) in [6, 6.07) is 0.537. The fraction of sp³-hybridized carbons (Fsp3) is 0.522. The van der Waals surface area contributed by atoms with Crippen molar-refractivity contribution in [2.24, 2.45) is 11.7 Å². The molecular weight excluding hydrogens is 490 g/mol. The van der Waals surface area contributed by atoms with E-state index < -0.39 is 73.5 Å². The van der Waals surface area contributed by atoms with E-state index in [-0.39, 0.29) is 24.5 Å². The summed E-state index contributed by atoms with van der Waals surface area (Å²) in [5, 5.41) is 46.4. The topological polar surface area (TPSA) is 240 Å². The second kappa shape index (κ2) is 15.4. The number of rotatable bonds is 15. The highest BCUT2D eigenvalue weighted by molar-refractivity contribution is 5.95. The quantitative estimate of drug-likeness (QED) is 0.112. The minimum atomic E-state index is -1.51. The molecule has 0 heterocycles. The van der Waals surface area contributed by atoms with E-state index in [1.165, 1.54) is 24.3 Å². The highest BCUT2D eigenvalue weighted by Gasteiger charge is 2.30. The van der Waals surface area contributed by atoms with E-state index in [1.807, 2.05) is 0 Å². The molecule has 4 atom stereocenters. The van der Waals surface area contributed by atoms with Crippen molar-refractivity contribution in [1.82, 2.24) is 21.3 Å². The Labute approximate surface area is 213 Å². The van der Waals surface area contributed by atoms with Gasteiger partial charge in [0.25, 0.3) is 0 Å². The summed E-state index contributed by atoms with van der Waals surface area (Å²) in [7, 11) is 0. The van der Waals surface area contributed by atoms with Crippen LogP contribution in [0.5, 0.6) is 5.75 Å². The number of hydrogen-bond donors (Lipinski definition) is 9. The zero-order valence-corrected chi connectivity index (χ0v) is 20.6. The van der Waals surface area contributed by atoms with Gasteiger partial charge in [-0.05, 0) is 30.0 Å². The third kappa shape index (κ3) is 11.2. The van der Waals surface area contributed by atoms with Crippen molar-refractivity contribution in [3.8, 4) is 5.75 Å². The molecule has 0 aromatic heterocycles. The molecule has 0 saturated carbocycles. The zero-order valence-electron chi connectivity index (χ0n) is 20.6. The maximum absolute atomic E-state index is 13.0. The first-order valence-electron chi connectivity index (χ1n) is 11.5. The number of aliphatic hydroxyl groups is 2. The Morgan fingerprint density at radius 3 is 1.86 bits per heavy atom. The molecule has 1 rings (SSSR count). The number of nitrogens with one attached hydrogen (secondary N) is 4. The van der Waals surface area contributed by atoms with E-state index in [1.54, 1.807) is 13.8 Å². The van der Waals surface area contributed by atoms with Crippen molar-refractivity contribution < 1.29 is 44.4 Å². The molecule has 0 radical (unpaired) electrons. The number of phenols is 1. The van der Waals surface area contributed by atoms with Gasteiger partial charge in [-0.3, -0.25) is 24.0 Å². The van der Waals surface area contributed by atoms with Crippen LogP contribution in [0.25, 0.3) is 0 Å². The zero-order chi connectivity index (χ0) is 28.1. The van der Waals surface area contributed by atoms with Crippen molar-refractivity contribution in [1.29, 1.82) is 0 Å². The van der Waals surface area contributed by atoms with Crippen LogP contribution in [-0.4, -0.2) is 94.0 Å². The molecule has 1 aromatic carbocycles. The number of amides is 4. The summed E-state index contributed by atoms with van der Waals surface area (Å²) in [6.07, 6.45) is 0.0746. The fourth-order valence-electron chi connectivity index (χ4n) is 3.17. The number of hydrogen-bond acceptors (Lipinski definition) is 9. The van der Waals surface area contributed by atoms with Gasteiger partial charge in [-0.1, -0.05) is 26.0 Å². The van der Waals surface area contributed by atoms with Crippen LogP contribution < -0.4 is 27.0 Å². The van der Waals surface area contributed by atoms with Crippen LogP contribution in [0, 0.1) is 5.92 Å². The van der Waals surface area contributed by atoms with Gasteiger partial charge < -0.3 is 47.4 Å². The molecule has 0 aliphatic carbocycles. The Balaban J connectivity index is 3.01. The van der Waals surface area contributed by atoms with Crippen molar-refractivity contribution in [3.63, 3.8) is 0 Å². The molecule has 14 nitrogen and oxygen atoms in total. The predicted molar refractivity (Wildman–Crippen MR) is 130 cm³/mol. The maximum Gasteiger partial charge on any atom is 0.322 e. The molecule has 206 valence electrons. The molecular formula is C23H35N5O9. The third-order valence-corrected chi connectivity index (χ3v) is 5.11. The Morgan fingerprint density at radius 2 is 1.35 bits per heavy atom. The van der Waals surface area contributed by atoms with Crippen molar-refractivity contribution >= 4 is 29.6 Å². The molecule has 37 heavy (non-hydrogen) atoms. The molecule has 0 unspecified atom stereocenters. The Bertz CT molecular complexity index is 939. The van der Waals surface area contributed by atoms with Gasteiger partial charge in [0.1, 0.15) is 36.5 Å². The van der Waals surface area contributed by atoms with Gasteiger partial charge in [-0.15, -0.1) is 0 Å². The number of benzene rings is 1. The molecule has 1 aromatic rings. The van der Waals surface area contributed by atoms with Gasteiger partial charge in [0, 0.05) is 6.42 Å². The lowest BCUT2D eigenvalue weighted by Gasteiger charge is -2.25. The van der Waals surface area contributed by atoms with Crippen LogP contribution in [0.1, 0.15) is 25.8 Å². The van der Waals surface area contributed by atoms with Gasteiger partial charge in [0.15, 0.2) is 0 Å². The summed E-state index contributed by atoms with van der Waals surface area (Å²) in [5.41, 5.74) is 6.05. The number of carbonyl (C=O) groups is 5. The number of aliphatic carboxylic acids is 1. The molecule has 0 aliphatic heterocycles. The molecule has 10 N–H and O–H groups in total. The van der Waals surface area contributed by atoms with E-state index in [4.69, 9.17) is 15.9 Å². The number of aliphatic hydroxyl groups excluding tert-OH is 2. The van der Waals surface area contributed by atoms with Gasteiger partial charge in [0.05, 0.1) is 13.2 Å². The normalized spacial score (nSPS) is 14.1. The second-order valence-electron chi connectivity index (χ2n) is 8.77. The average molecular weight is 526 g/mol. The van der Waals surface area contributed by atoms with Crippen LogP contribution in [0.4, 0.5) is 0 Å². The molecule has 0 fully saturated rings. The molecule has 0 spiro atoms. The SMILES string of the molecule is CC(C)C[C@H](NC(=O)[C@H](CO)NC(=O)[C@H](Cc1ccc(O)cc1)NC(=O)[C@@H](N)CO)C(=O)NCC(=O)O. The van der Waals surface area contributed by atoms with Crippen LogP contribution in [0.2, 0.25) is 0 Å². The van der Waals surface area contributed by atoms with E-state index in [9.17, 15) is 34.2 Å². The molecule has 4 amide bonds. The summed E-state index contributed by atoms with van der Waals surface area (Å²) >= 11 is 0. The van der Waals surface area contributed by atoms with Crippen LogP contribution in [-0.2, 0) is 30.4 Å². The summed E-state index contributed by atoms with van der Waals surface area (Å²) in [5.74, 6) is -4.71. The predicted octanol–water partition coefficient (Wildman–Crippen LogP) is -3.05. The molecule has 0 saturated heterocycles. The summed E-state index contributed by atoms with van der Waals surface area (Å²) in [6.45, 7) is 1.38. The molecule has 14 heteroatoms. The number of carbonyl (C=O) groups excluding carboxylic acids is 4. The van der Waals surface area contributed by atoms with Crippen LogP contribution in [0.15, 0.2) is 24.3 Å². The van der Waals surface area contributed by atoms with Crippen molar-refractivity contribution in [2.45, 2.75) is 50.9 Å². The smallest absolute Gasteiger partial charge is 0.322 e. The van der Waals surface area contributed by atoms with Gasteiger partial charge >= 0.3 is 5.97 Å². The third-order valence-electron chi connectivity index (χ3n) is 5.11. The van der Waals surface area contributed by atoms with E-state index >= 15 is 0 Å². The monoisotopic (exact) mass is 525 g/mol. The number of nitrogens with two attached hydrogens (primary N) is 1. The average Bonchev–Trinajstić information content (AvgIpc) is 2.84. The standard InChI is InChI=1S/C23H35N5O9/c1-12(2)7-16(21(35)25-9-19(32)33)27-23(37)18(11-30)28-22(36)17(26-20(34)15(24)10-29)8-13-3-5-14(31)6-4-13/h3-6,12,15-18,29-31H,7-11,24H2,1-2H3,(H,25,35)(H,26,34)(H,27,37)(H,28,36)(H,32,33)/t15-,16-,17-,18-/m0/s1. The highest BCUT2D eigenvalue weighted by Crippen LogP contribution is 2.12. The number of carboxylic acid groups (broad SMARTS) is 1. The first-order valence-corrected chi connectivity index (χ1v) is 11.5. The first kappa shape index (κ1) is 31.3. The second-order valence-corrected chi connectivity index (χ2v) is 8.77. The lowest BCUT2D eigenvalue weighted by molar-refractivity contribution is -0.138. The van der Waals surface area contributed by atoms with Crippen LogP contribution in [0.3, 0.4) is 0 Å². The van der Waals surface area contributed by atoms with Crippen LogP contribution >= 0.6 is 0 Å². The Hall–Kier alpha value is -3.75. The van der Waals surface area contributed by atoms with Gasteiger partial charge in [-0.25, -0.2) is 0 Å². The van der Waals surface area contributed by atoms with Crippen molar-refractivity contribution in [2.75, 3.05) is 19.8 Å². The fourth-order valence-corrected chi connectivity index (χ4v) is 3.17. The summed E-state index contributed by atoms with van der Waals surface area (Å²) in [4.78, 5) is 61.1. The van der Waals surface area contributed by atoms with Gasteiger partial charge in [-0.2, -0.15) is 0 Å². The number of carboxylic acids is 1. The highest BCUT2D eigenvalue weighted by atomic mass is 16.4. The van der Waals surface area contributed by atoms with Gasteiger partial charge in [0.2, 0.25) is 23.6 Å². The lowest BCUT2D eigenvalue weighted by Crippen LogP contribution is -2.59. The minimum absolute atomic E-state index is 0.0172. The Kier molecular flexibility index (Phi) is 13.0. The maximum atomic E-state index is 13.0. The van der Waals surface area contributed by atoms with E-state index in [2.05, 4.69) is 21.3 Å². The first-order chi connectivity index (χ1) is 17.4. The van der Waals surface area contributed by atoms with E-state index in [0.717, 1.165) is 0 Å². The number of phenolic OH excluding ortho intramolecular Hbond substituents is 1. The van der Waals surface area contributed by atoms with Crippen molar-refractivity contribution in [3.05, 3.63) is 29.8 Å².